The summed E-state index contributed by atoms with van der Waals surface area (Å²) in [6.45, 7) is 6.35. The lowest BCUT2D eigenvalue weighted by Crippen LogP contribution is -2.21. The average Bonchev–Trinajstić information content (AvgIpc) is 2.28. The predicted octanol–water partition coefficient (Wildman–Crippen LogP) is 1.78. The van der Waals surface area contributed by atoms with Crippen LogP contribution in [0.1, 0.15) is 12.5 Å². The maximum atomic E-state index is 11.8. The van der Waals surface area contributed by atoms with Crippen LogP contribution in [0.5, 0.6) is 0 Å². The van der Waals surface area contributed by atoms with Crippen molar-refractivity contribution >= 4 is 16.1 Å². The van der Waals surface area contributed by atoms with Gasteiger partial charge in [-0.05, 0) is 26.0 Å². The lowest BCUT2D eigenvalue weighted by Gasteiger charge is -2.12. The number of aryl methyl sites for hydroxylation is 1. The molecule has 0 N–H and O–H groups in total. The number of rotatable bonds is 5. The molecule has 0 amide bonds. The van der Waals surface area contributed by atoms with Gasteiger partial charge in [0.1, 0.15) is 0 Å². The Morgan fingerprint density at radius 1 is 1.33 bits per heavy atom. The normalized spacial score (nSPS) is 12.8. The zero-order valence-electron chi connectivity index (χ0n) is 10.1. The molecule has 0 aliphatic heterocycles. The molecule has 0 aliphatic rings. The van der Waals surface area contributed by atoms with Crippen LogP contribution in [0.2, 0.25) is 0 Å². The van der Waals surface area contributed by atoms with Crippen molar-refractivity contribution in [1.82, 2.24) is 0 Å². The number of carbonyl (C=O) groups is 1. The van der Waals surface area contributed by atoms with E-state index in [1.807, 2.05) is 6.92 Å². The highest BCUT2D eigenvalue weighted by molar-refractivity contribution is 7.86. The molecular formula is C12H14O5S. The maximum absolute atomic E-state index is 11.8. The summed E-state index contributed by atoms with van der Waals surface area (Å²) in [5.74, 6) is -0.749. The van der Waals surface area contributed by atoms with Gasteiger partial charge in [-0.1, -0.05) is 24.3 Å². The minimum Gasteiger partial charge on any atom is -0.432 e. The van der Waals surface area contributed by atoms with Crippen molar-refractivity contribution in [3.63, 3.8) is 0 Å². The van der Waals surface area contributed by atoms with Crippen molar-refractivity contribution in [1.29, 1.82) is 0 Å². The first-order chi connectivity index (χ1) is 8.35. The molecular weight excluding hydrogens is 256 g/mol. The van der Waals surface area contributed by atoms with Gasteiger partial charge in [-0.15, -0.1) is 0 Å². The molecule has 5 nitrogen and oxygen atoms in total. The van der Waals surface area contributed by atoms with E-state index in [1.165, 1.54) is 19.1 Å². The van der Waals surface area contributed by atoms with E-state index in [4.69, 9.17) is 4.18 Å². The van der Waals surface area contributed by atoms with Crippen LogP contribution in [-0.2, 0) is 23.8 Å². The van der Waals surface area contributed by atoms with Crippen LogP contribution in [0, 0.1) is 6.92 Å². The Bertz CT molecular complexity index is 530. The maximum Gasteiger partial charge on any atom is 0.332 e. The smallest absolute Gasteiger partial charge is 0.332 e. The summed E-state index contributed by atoms with van der Waals surface area (Å²) in [5, 5.41) is 0. The third-order valence-electron chi connectivity index (χ3n) is 2.02. The average molecular weight is 270 g/mol. The Morgan fingerprint density at radius 3 is 2.39 bits per heavy atom. The first-order valence-electron chi connectivity index (χ1n) is 5.18. The van der Waals surface area contributed by atoms with E-state index < -0.39 is 22.4 Å². The number of hydrogen-bond donors (Lipinski definition) is 0. The third-order valence-corrected chi connectivity index (χ3v) is 3.39. The SMILES string of the molecule is C=CC(=O)OC(C)OS(=O)(=O)c1ccc(C)cc1. The van der Waals surface area contributed by atoms with Gasteiger partial charge in [-0.2, -0.15) is 8.42 Å². The molecule has 0 saturated heterocycles. The number of hydrogen-bond acceptors (Lipinski definition) is 5. The van der Waals surface area contributed by atoms with Crippen LogP contribution >= 0.6 is 0 Å². The van der Waals surface area contributed by atoms with Crippen LogP contribution in [-0.4, -0.2) is 20.7 Å². The highest BCUT2D eigenvalue weighted by Crippen LogP contribution is 2.15. The fourth-order valence-electron chi connectivity index (χ4n) is 1.17. The zero-order valence-corrected chi connectivity index (χ0v) is 10.9. The molecule has 1 rings (SSSR count). The van der Waals surface area contributed by atoms with Gasteiger partial charge in [0.2, 0.25) is 6.29 Å². The van der Waals surface area contributed by atoms with E-state index in [-0.39, 0.29) is 4.90 Å². The molecule has 0 aromatic heterocycles. The second kappa shape index (κ2) is 5.79. The first kappa shape index (κ1) is 14.4. The molecule has 0 bridgehead atoms. The van der Waals surface area contributed by atoms with E-state index in [1.54, 1.807) is 12.1 Å². The Morgan fingerprint density at radius 2 is 1.89 bits per heavy atom. The van der Waals surface area contributed by atoms with Crippen molar-refractivity contribution in [3.8, 4) is 0 Å². The van der Waals surface area contributed by atoms with Crippen molar-refractivity contribution < 1.29 is 22.1 Å². The standard InChI is InChI=1S/C12H14O5S/c1-4-12(13)16-10(3)17-18(14,15)11-7-5-9(2)6-8-11/h4-8,10H,1H2,2-3H3. The number of ether oxygens (including phenoxy) is 1. The molecule has 0 saturated carbocycles. The van der Waals surface area contributed by atoms with Crippen molar-refractivity contribution in [2.24, 2.45) is 0 Å². The number of carbonyl (C=O) groups excluding carboxylic acids is 1. The van der Waals surface area contributed by atoms with Crippen molar-refractivity contribution in [3.05, 3.63) is 42.5 Å². The Kier molecular flexibility index (Phi) is 4.63. The Balaban J connectivity index is 2.79. The highest BCUT2D eigenvalue weighted by atomic mass is 32.2. The molecule has 1 atom stereocenters. The molecule has 98 valence electrons. The molecule has 0 spiro atoms. The lowest BCUT2D eigenvalue weighted by molar-refractivity contribution is -0.154. The lowest BCUT2D eigenvalue weighted by atomic mass is 10.2. The fraction of sp³-hybridized carbons (Fsp3) is 0.250. The van der Waals surface area contributed by atoms with Crippen LogP contribution in [0.25, 0.3) is 0 Å². The predicted molar refractivity (Wildman–Crippen MR) is 65.2 cm³/mol. The summed E-state index contributed by atoms with van der Waals surface area (Å²) in [7, 11) is -3.94. The highest BCUT2D eigenvalue weighted by Gasteiger charge is 2.20. The number of esters is 1. The molecule has 6 heteroatoms. The van der Waals surface area contributed by atoms with Crippen LogP contribution in [0.4, 0.5) is 0 Å². The summed E-state index contributed by atoms with van der Waals surface area (Å²) >= 11 is 0. The second-order valence-corrected chi connectivity index (χ2v) is 5.14. The topological polar surface area (TPSA) is 69.7 Å². The number of benzene rings is 1. The van der Waals surface area contributed by atoms with E-state index in [9.17, 15) is 13.2 Å². The zero-order chi connectivity index (χ0) is 13.8. The fourth-order valence-corrected chi connectivity index (χ4v) is 2.15. The quantitative estimate of drug-likeness (QED) is 0.353. The van der Waals surface area contributed by atoms with Crippen molar-refractivity contribution in [2.75, 3.05) is 0 Å². The Hall–Kier alpha value is -1.66. The van der Waals surface area contributed by atoms with E-state index in [0.29, 0.717) is 0 Å². The van der Waals surface area contributed by atoms with Gasteiger partial charge in [0.25, 0.3) is 10.1 Å². The monoisotopic (exact) mass is 270 g/mol. The summed E-state index contributed by atoms with van der Waals surface area (Å²) in [5.41, 5.74) is 0.931. The van der Waals surface area contributed by atoms with Gasteiger partial charge in [-0.3, -0.25) is 0 Å². The first-order valence-corrected chi connectivity index (χ1v) is 6.59. The summed E-state index contributed by atoms with van der Waals surface area (Å²) in [6.07, 6.45) is -0.278. The molecule has 18 heavy (non-hydrogen) atoms. The van der Waals surface area contributed by atoms with Gasteiger partial charge in [0, 0.05) is 6.08 Å². The van der Waals surface area contributed by atoms with Gasteiger partial charge in [-0.25, -0.2) is 8.98 Å². The van der Waals surface area contributed by atoms with Gasteiger partial charge < -0.3 is 4.74 Å². The van der Waals surface area contributed by atoms with Gasteiger partial charge in [0.05, 0.1) is 4.90 Å². The summed E-state index contributed by atoms with van der Waals surface area (Å²) in [4.78, 5) is 10.9. The largest absolute Gasteiger partial charge is 0.432 e. The summed E-state index contributed by atoms with van der Waals surface area (Å²) in [6, 6.07) is 6.15. The minimum absolute atomic E-state index is 0.00889. The van der Waals surface area contributed by atoms with E-state index in [2.05, 4.69) is 11.3 Å². The molecule has 0 heterocycles. The molecule has 1 aromatic carbocycles. The molecule has 0 radical (unpaired) electrons. The van der Waals surface area contributed by atoms with Gasteiger partial charge >= 0.3 is 5.97 Å². The van der Waals surface area contributed by atoms with Crippen LogP contribution in [0.3, 0.4) is 0 Å². The summed E-state index contributed by atoms with van der Waals surface area (Å²) < 4.78 is 32.9. The molecule has 1 aromatic rings. The third kappa shape index (κ3) is 3.97. The molecule has 0 aliphatic carbocycles. The second-order valence-electron chi connectivity index (χ2n) is 3.57. The molecule has 1 unspecified atom stereocenters. The minimum atomic E-state index is -3.94. The van der Waals surface area contributed by atoms with Crippen LogP contribution in [0.15, 0.2) is 41.8 Å². The van der Waals surface area contributed by atoms with Crippen molar-refractivity contribution in [2.45, 2.75) is 25.0 Å². The van der Waals surface area contributed by atoms with Crippen LogP contribution < -0.4 is 0 Å². The molecule has 0 fully saturated rings. The van der Waals surface area contributed by atoms with Gasteiger partial charge in [0.15, 0.2) is 0 Å². The van der Waals surface area contributed by atoms with E-state index >= 15 is 0 Å². The Labute approximate surface area is 106 Å². The van der Waals surface area contributed by atoms with E-state index in [0.717, 1.165) is 11.6 Å².